The number of alkyl carbamates (subject to hydrolysis) is 1. The van der Waals surface area contributed by atoms with E-state index in [9.17, 15) is 4.79 Å². The summed E-state index contributed by atoms with van der Waals surface area (Å²) >= 11 is 0. The van der Waals surface area contributed by atoms with Crippen LogP contribution in [0.2, 0.25) is 0 Å². The van der Waals surface area contributed by atoms with E-state index in [0.717, 1.165) is 0 Å². The molecule has 4 nitrogen and oxygen atoms in total. The van der Waals surface area contributed by atoms with Crippen LogP contribution in [0, 0.1) is 5.41 Å². The Labute approximate surface area is 92.6 Å². The van der Waals surface area contributed by atoms with E-state index >= 15 is 0 Å². The predicted octanol–water partition coefficient (Wildman–Crippen LogP) is 1.88. The summed E-state index contributed by atoms with van der Waals surface area (Å²) < 4.78 is 5.16. The minimum absolute atomic E-state index is 0.0638. The van der Waals surface area contributed by atoms with Gasteiger partial charge in [-0.2, -0.15) is 0 Å². The Morgan fingerprint density at radius 2 is 1.73 bits per heavy atom. The van der Waals surface area contributed by atoms with Crippen molar-refractivity contribution >= 4 is 6.09 Å². The quantitative estimate of drug-likeness (QED) is 0.740. The van der Waals surface area contributed by atoms with E-state index in [0.29, 0.717) is 6.54 Å². The Morgan fingerprint density at radius 3 is 2.00 bits per heavy atom. The van der Waals surface area contributed by atoms with Gasteiger partial charge in [-0.05, 0) is 26.2 Å². The first-order valence-electron chi connectivity index (χ1n) is 5.26. The van der Waals surface area contributed by atoms with Gasteiger partial charge in [-0.15, -0.1) is 0 Å². The van der Waals surface area contributed by atoms with Gasteiger partial charge >= 0.3 is 6.09 Å². The van der Waals surface area contributed by atoms with E-state index in [4.69, 9.17) is 10.5 Å². The van der Waals surface area contributed by atoms with Gasteiger partial charge in [0.1, 0.15) is 5.60 Å². The lowest BCUT2D eigenvalue weighted by Gasteiger charge is -2.31. The third-order valence-corrected chi connectivity index (χ3v) is 1.97. The normalized spacial score (nSPS) is 14.6. The summed E-state index contributed by atoms with van der Waals surface area (Å²) in [5.41, 5.74) is 5.07. The average Bonchev–Trinajstić information content (AvgIpc) is 1.94. The molecule has 0 unspecified atom stereocenters. The number of carbonyl (C=O) groups excluding carboxylic acids is 1. The van der Waals surface area contributed by atoms with Gasteiger partial charge in [-0.1, -0.05) is 20.8 Å². The zero-order chi connectivity index (χ0) is 12.3. The summed E-state index contributed by atoms with van der Waals surface area (Å²) in [6.07, 6.45) is -0.409. The van der Waals surface area contributed by atoms with Gasteiger partial charge in [0.25, 0.3) is 0 Å². The maximum absolute atomic E-state index is 11.5. The van der Waals surface area contributed by atoms with E-state index in [1.807, 2.05) is 41.5 Å². The van der Waals surface area contributed by atoms with Crippen LogP contribution in [0.5, 0.6) is 0 Å². The second-order valence-electron chi connectivity index (χ2n) is 5.80. The molecule has 0 bridgehead atoms. The standard InChI is InChI=1S/C11H24N2O2/c1-10(2,3)8(7-12)13-9(14)15-11(4,5)6/h8H,7,12H2,1-6H3,(H,13,14)/t8-/m0/s1. The van der Waals surface area contributed by atoms with Crippen LogP contribution >= 0.6 is 0 Å². The first kappa shape index (κ1) is 14.2. The molecule has 0 aromatic carbocycles. The van der Waals surface area contributed by atoms with Crippen LogP contribution in [-0.2, 0) is 4.74 Å². The smallest absolute Gasteiger partial charge is 0.407 e. The summed E-state index contributed by atoms with van der Waals surface area (Å²) in [5.74, 6) is 0. The van der Waals surface area contributed by atoms with Crippen LogP contribution in [0.1, 0.15) is 41.5 Å². The number of carbonyl (C=O) groups is 1. The highest BCUT2D eigenvalue weighted by Crippen LogP contribution is 2.18. The summed E-state index contributed by atoms with van der Waals surface area (Å²) in [5, 5.41) is 2.78. The molecule has 0 rings (SSSR count). The average molecular weight is 216 g/mol. The van der Waals surface area contributed by atoms with Gasteiger partial charge in [0, 0.05) is 12.6 Å². The van der Waals surface area contributed by atoms with E-state index < -0.39 is 11.7 Å². The highest BCUT2D eigenvalue weighted by molar-refractivity contribution is 5.68. The fourth-order valence-corrected chi connectivity index (χ4v) is 1.08. The maximum Gasteiger partial charge on any atom is 0.407 e. The molecule has 1 amide bonds. The van der Waals surface area contributed by atoms with Crippen LogP contribution < -0.4 is 11.1 Å². The highest BCUT2D eigenvalue weighted by atomic mass is 16.6. The van der Waals surface area contributed by atoms with Gasteiger partial charge in [0.05, 0.1) is 0 Å². The molecule has 1 atom stereocenters. The first-order valence-corrected chi connectivity index (χ1v) is 5.26. The Balaban J connectivity index is 4.27. The predicted molar refractivity (Wildman–Crippen MR) is 61.7 cm³/mol. The molecule has 0 aliphatic rings. The lowest BCUT2D eigenvalue weighted by atomic mass is 9.87. The third kappa shape index (κ3) is 6.33. The fourth-order valence-electron chi connectivity index (χ4n) is 1.08. The van der Waals surface area contributed by atoms with Crippen molar-refractivity contribution < 1.29 is 9.53 Å². The topological polar surface area (TPSA) is 64.3 Å². The zero-order valence-electron chi connectivity index (χ0n) is 10.7. The van der Waals surface area contributed by atoms with E-state index in [1.54, 1.807) is 0 Å². The lowest BCUT2D eigenvalue weighted by Crippen LogP contribution is -2.49. The van der Waals surface area contributed by atoms with Crippen LogP contribution in [-0.4, -0.2) is 24.3 Å². The maximum atomic E-state index is 11.5. The minimum atomic E-state index is -0.471. The lowest BCUT2D eigenvalue weighted by molar-refractivity contribution is 0.0468. The van der Waals surface area contributed by atoms with E-state index in [2.05, 4.69) is 5.32 Å². The molecule has 3 N–H and O–H groups in total. The Kier molecular flexibility index (Phi) is 4.59. The van der Waals surface area contributed by atoms with Gasteiger partial charge in [0.15, 0.2) is 0 Å². The molecular formula is C11H24N2O2. The highest BCUT2D eigenvalue weighted by Gasteiger charge is 2.26. The molecule has 15 heavy (non-hydrogen) atoms. The van der Waals surface area contributed by atoms with Crippen LogP contribution in [0.25, 0.3) is 0 Å². The second kappa shape index (κ2) is 4.84. The number of nitrogens with one attached hydrogen (secondary N) is 1. The summed E-state index contributed by atoms with van der Waals surface area (Å²) in [7, 11) is 0. The van der Waals surface area contributed by atoms with Gasteiger partial charge in [-0.25, -0.2) is 4.79 Å². The van der Waals surface area contributed by atoms with Crippen LogP contribution in [0.4, 0.5) is 4.79 Å². The summed E-state index contributed by atoms with van der Waals surface area (Å²) in [6, 6.07) is -0.0765. The largest absolute Gasteiger partial charge is 0.444 e. The molecule has 0 aromatic rings. The van der Waals surface area contributed by atoms with E-state index in [-0.39, 0.29) is 11.5 Å². The van der Waals surface area contributed by atoms with Crippen molar-refractivity contribution in [3.63, 3.8) is 0 Å². The molecule has 90 valence electrons. The number of nitrogens with two attached hydrogens (primary N) is 1. The number of rotatable bonds is 2. The SMILES string of the molecule is CC(C)(C)OC(=O)N[C@@H](CN)C(C)(C)C. The molecule has 0 heterocycles. The van der Waals surface area contributed by atoms with Crippen molar-refractivity contribution in [1.82, 2.24) is 5.32 Å². The van der Waals surface area contributed by atoms with Crippen molar-refractivity contribution in [3.8, 4) is 0 Å². The van der Waals surface area contributed by atoms with Crippen LogP contribution in [0.15, 0.2) is 0 Å². The molecule has 0 aromatic heterocycles. The van der Waals surface area contributed by atoms with Crippen molar-refractivity contribution in [2.75, 3.05) is 6.54 Å². The van der Waals surface area contributed by atoms with Crippen molar-refractivity contribution in [2.45, 2.75) is 53.2 Å². The fraction of sp³-hybridized carbons (Fsp3) is 0.909. The Bertz CT molecular complexity index is 214. The zero-order valence-corrected chi connectivity index (χ0v) is 10.7. The molecule has 0 saturated carbocycles. The van der Waals surface area contributed by atoms with Crippen molar-refractivity contribution in [3.05, 3.63) is 0 Å². The van der Waals surface area contributed by atoms with Gasteiger partial charge < -0.3 is 15.8 Å². The molecule has 0 fully saturated rings. The molecular weight excluding hydrogens is 192 g/mol. The Hall–Kier alpha value is -0.770. The van der Waals surface area contributed by atoms with Crippen molar-refractivity contribution in [2.24, 2.45) is 11.1 Å². The molecule has 0 saturated heterocycles. The molecule has 4 heteroatoms. The number of amides is 1. The molecule has 0 spiro atoms. The molecule has 0 aliphatic heterocycles. The minimum Gasteiger partial charge on any atom is -0.444 e. The first-order chi connectivity index (χ1) is 6.56. The third-order valence-electron chi connectivity index (χ3n) is 1.97. The van der Waals surface area contributed by atoms with E-state index in [1.165, 1.54) is 0 Å². The number of hydrogen-bond donors (Lipinski definition) is 2. The summed E-state index contributed by atoms with van der Waals surface area (Å²) in [6.45, 7) is 12.0. The molecule has 0 radical (unpaired) electrons. The second-order valence-corrected chi connectivity index (χ2v) is 5.80. The van der Waals surface area contributed by atoms with Crippen molar-refractivity contribution in [1.29, 1.82) is 0 Å². The molecule has 0 aliphatic carbocycles. The number of ether oxygens (including phenoxy) is 1. The summed E-state index contributed by atoms with van der Waals surface area (Å²) in [4.78, 5) is 11.5. The Morgan fingerprint density at radius 1 is 1.27 bits per heavy atom. The monoisotopic (exact) mass is 216 g/mol. The van der Waals surface area contributed by atoms with Gasteiger partial charge in [-0.3, -0.25) is 0 Å². The van der Waals surface area contributed by atoms with Crippen LogP contribution in [0.3, 0.4) is 0 Å². The van der Waals surface area contributed by atoms with Gasteiger partial charge in [0.2, 0.25) is 0 Å². The number of hydrogen-bond acceptors (Lipinski definition) is 3.